The first kappa shape index (κ1) is 77.3. The van der Waals surface area contributed by atoms with Crippen molar-refractivity contribution in [1.82, 2.24) is 68.5 Å². The van der Waals surface area contributed by atoms with Crippen LogP contribution in [0.5, 0.6) is 29.0 Å². The standard InChI is InChI=1S/C27H28FN7O3S.C27H29N7O3S.C27H27N7O3S/c1-27(2,36)15-38-20-6-21(24-17(7-29)9-32-35(24)14-20)23-10-31-26(39-23)33-12-18-5-19(13-33)34(18)11-16-4-22(28)25(37-3)30-8-16;1-27(2,35)16-37-21-7-22(25-18(8-28)10-31-34(25)15-21)23-11-30-26(38-23)32-13-19-6-20(14-32)33(19)12-17-4-5-24(36-3)29-9-17;1-27(2,36)16-37-21-9-22(24-17(10-28)11-30-33(24)15-21)23-12-29-26(38-23)32-13-19-8-20(14-32)34(19)25(35)31-18-6-4-3-5-7-18/h4,6,8-10,14,18-19,36H,5,11-13,15H2,1-3H3;4-5,7,9-11,15,19-20,35H,6,12-14,16H2,1-3H3;3-7,9,11-12,15,19-20,36H,8,13-14,16H2,1-2H3,(H,31,35). The predicted octanol–water partition coefficient (Wildman–Crippen LogP) is 10.8. The molecule has 12 aromatic rings. The van der Waals surface area contributed by atoms with Crippen molar-refractivity contribution in [3.05, 3.63) is 169 Å². The first-order valence-electron chi connectivity index (χ1n) is 37.6. The van der Waals surface area contributed by atoms with E-state index in [0.29, 0.717) is 94.7 Å². The van der Waals surface area contributed by atoms with Gasteiger partial charge < -0.3 is 63.9 Å². The second-order valence-corrected chi connectivity index (χ2v) is 34.4. The number of methoxy groups -OCH3 is 2. The van der Waals surface area contributed by atoms with E-state index in [1.165, 1.54) is 48.9 Å². The minimum Gasteiger partial charge on any atom is -0.489 e. The fourth-order valence-electron chi connectivity index (χ4n) is 15.5. The molecule has 2 amide bonds. The number of carbonyl (C=O) groups is 1. The quantitative estimate of drug-likeness (QED) is 0.0490. The van der Waals surface area contributed by atoms with Gasteiger partial charge in [-0.2, -0.15) is 31.1 Å². The summed E-state index contributed by atoms with van der Waals surface area (Å²) in [7, 11) is 3.04. The Morgan fingerprint density at radius 2 is 0.896 bits per heavy atom. The van der Waals surface area contributed by atoms with Crippen molar-refractivity contribution in [2.75, 3.05) is 93.3 Å². The van der Waals surface area contributed by atoms with E-state index in [1.54, 1.807) is 116 Å². The monoisotopic (exact) mass is 1610 g/mol. The van der Waals surface area contributed by atoms with E-state index in [-0.39, 0.29) is 43.8 Å². The molecule has 4 N–H and O–H groups in total. The molecule has 30 nitrogen and oxygen atoms in total. The molecule has 0 aliphatic carbocycles. The lowest BCUT2D eigenvalue weighted by atomic mass is 9.87. The maximum absolute atomic E-state index is 14.1. The van der Waals surface area contributed by atoms with Gasteiger partial charge in [-0.3, -0.25) is 9.80 Å². The summed E-state index contributed by atoms with van der Waals surface area (Å²) in [5.41, 5.74) is 5.82. The number of ether oxygens (including phenoxy) is 5. The molecular weight excluding hydrogens is 1530 g/mol. The summed E-state index contributed by atoms with van der Waals surface area (Å²) in [6, 6.07) is 29.2. The largest absolute Gasteiger partial charge is 0.489 e. The van der Waals surface area contributed by atoms with Gasteiger partial charge in [-0.15, -0.1) is 0 Å². The highest BCUT2D eigenvalue weighted by Crippen LogP contribution is 2.46. The minimum atomic E-state index is -0.990. The first-order valence-corrected chi connectivity index (χ1v) is 40.0. The number of aliphatic hydroxyl groups is 3. The third kappa shape index (κ3) is 16.6. The van der Waals surface area contributed by atoms with Crippen molar-refractivity contribution in [3.8, 4) is 78.5 Å². The van der Waals surface area contributed by atoms with Crippen molar-refractivity contribution < 1.29 is 48.2 Å². The van der Waals surface area contributed by atoms with Crippen LogP contribution in [0.25, 0.3) is 47.9 Å². The summed E-state index contributed by atoms with van der Waals surface area (Å²) in [6.07, 6.45) is 22.1. The van der Waals surface area contributed by atoms with Crippen LogP contribution in [0.1, 0.15) is 88.6 Å². The van der Waals surface area contributed by atoms with Gasteiger partial charge in [0.25, 0.3) is 0 Å². The van der Waals surface area contributed by atoms with Crippen molar-refractivity contribution in [1.29, 1.82) is 15.8 Å². The lowest BCUT2D eigenvalue weighted by Gasteiger charge is -2.56. The Balaban J connectivity index is 0.000000130. The molecule has 6 unspecified atom stereocenters. The highest BCUT2D eigenvalue weighted by Gasteiger charge is 2.49. The highest BCUT2D eigenvalue weighted by molar-refractivity contribution is 7.19. The van der Waals surface area contributed by atoms with E-state index < -0.39 is 22.6 Å². The number of amides is 2. The van der Waals surface area contributed by atoms with Gasteiger partial charge in [-0.25, -0.2) is 47.7 Å². The molecule has 115 heavy (non-hydrogen) atoms. The van der Waals surface area contributed by atoms with Gasteiger partial charge in [0, 0.05) is 136 Å². The fourth-order valence-corrected chi connectivity index (χ4v) is 18.3. The van der Waals surface area contributed by atoms with Crippen molar-refractivity contribution >= 4 is 77.7 Å². The Morgan fingerprint density at radius 3 is 1.26 bits per heavy atom. The lowest BCUT2D eigenvalue weighted by molar-refractivity contribution is -0.00861. The second kappa shape index (κ2) is 31.6. The number of nitrogens with zero attached hydrogens (tertiary/aromatic N) is 20. The molecule has 0 radical (unpaired) electrons. The van der Waals surface area contributed by atoms with E-state index in [2.05, 4.69) is 79.4 Å². The minimum absolute atomic E-state index is 0.0118. The first-order chi connectivity index (χ1) is 55.3. The summed E-state index contributed by atoms with van der Waals surface area (Å²) >= 11 is 4.71. The molecule has 592 valence electrons. The van der Waals surface area contributed by atoms with Gasteiger partial charge in [0.1, 0.15) is 55.3 Å². The molecule has 0 spiro atoms. The number of piperidine rings is 3. The number of nitrogens with one attached hydrogen (secondary N) is 1. The van der Waals surface area contributed by atoms with E-state index >= 15 is 0 Å². The topological polar surface area (TPSA) is 343 Å². The van der Waals surface area contributed by atoms with Crippen molar-refractivity contribution in [3.63, 3.8) is 0 Å². The molecule has 9 fully saturated rings. The van der Waals surface area contributed by atoms with Crippen LogP contribution in [-0.4, -0.2) is 216 Å². The number of urea groups is 1. The summed E-state index contributed by atoms with van der Waals surface area (Å²) in [5, 5.41) is 78.1. The third-order valence-electron chi connectivity index (χ3n) is 20.9. The lowest BCUT2D eigenvalue weighted by Crippen LogP contribution is -2.71. The molecule has 20 heterocycles. The van der Waals surface area contributed by atoms with Gasteiger partial charge in [-0.05, 0) is 108 Å². The number of aromatic nitrogens is 11. The highest BCUT2D eigenvalue weighted by atomic mass is 32.1. The van der Waals surface area contributed by atoms with Crippen LogP contribution in [-0.2, 0) is 13.1 Å². The molecule has 9 aliphatic rings. The van der Waals surface area contributed by atoms with Gasteiger partial charge in [0.05, 0.1) is 128 Å². The summed E-state index contributed by atoms with van der Waals surface area (Å²) in [6.45, 7) is 16.9. The number of fused-ring (bicyclic) bond motifs is 9. The number of anilines is 4. The van der Waals surface area contributed by atoms with Gasteiger partial charge in [0.15, 0.2) is 21.2 Å². The average Bonchev–Trinajstić information content (AvgIpc) is 1.55. The molecule has 21 rings (SSSR count). The summed E-state index contributed by atoms with van der Waals surface area (Å²) in [5.74, 6) is 1.85. The average molecular weight is 1610 g/mol. The summed E-state index contributed by atoms with van der Waals surface area (Å²) in [4.78, 5) is 52.0. The Bertz CT molecular complexity index is 5680. The van der Waals surface area contributed by atoms with Gasteiger partial charge in [-0.1, -0.05) is 58.3 Å². The maximum Gasteiger partial charge on any atom is 0.322 e. The molecule has 1 aromatic carbocycles. The molecule has 9 aliphatic heterocycles. The van der Waals surface area contributed by atoms with Gasteiger partial charge in [0.2, 0.25) is 11.8 Å². The molecular formula is C81H84FN21O9S3. The zero-order valence-electron chi connectivity index (χ0n) is 64.4. The smallest absolute Gasteiger partial charge is 0.322 e. The Labute approximate surface area is 673 Å². The number of benzene rings is 1. The number of rotatable bonds is 22. The van der Waals surface area contributed by atoms with E-state index in [1.807, 2.05) is 84.3 Å². The zero-order valence-corrected chi connectivity index (χ0v) is 66.9. The Morgan fingerprint density at radius 1 is 0.504 bits per heavy atom. The van der Waals surface area contributed by atoms with E-state index in [9.17, 15) is 40.3 Å². The van der Waals surface area contributed by atoms with Crippen LogP contribution < -0.4 is 43.7 Å². The zero-order chi connectivity index (χ0) is 80.2. The molecule has 0 saturated carbocycles. The normalized spacial score (nSPS) is 19.0. The van der Waals surface area contributed by atoms with Gasteiger partial charge >= 0.3 is 6.03 Å². The number of carbonyl (C=O) groups excluding carboxylic acids is 1. The number of hydrogen-bond acceptors (Lipinski definition) is 28. The van der Waals surface area contributed by atoms with Crippen LogP contribution in [0.4, 0.5) is 30.3 Å². The van der Waals surface area contributed by atoms with Crippen LogP contribution in [0.15, 0.2) is 135 Å². The second-order valence-electron chi connectivity index (χ2n) is 31.4. The maximum atomic E-state index is 14.1. The SMILES string of the molecule is CC(C)(O)COc1cc(-c2cnc(N3CC4CC(C3)N4C(=O)Nc3ccccc3)s2)c2c(C#N)cnn2c1.COc1ccc(CN2C3CC2CN(c2ncc(-c4cc(OCC(C)(C)O)cn5ncc(C#N)c45)s2)C3)cn1.COc1ncc(CN2C3CC2CN(c2ncc(-c4cc(OCC(C)(C)O)cn5ncc(C#N)c45)s2)C3)cc1F. The van der Waals surface area contributed by atoms with Crippen molar-refractivity contribution in [2.24, 2.45) is 0 Å². The number of halogens is 1. The molecule has 9 saturated heterocycles. The van der Waals surface area contributed by atoms with Crippen LogP contribution in [0, 0.1) is 39.8 Å². The van der Waals surface area contributed by atoms with Crippen LogP contribution in [0.2, 0.25) is 0 Å². The summed E-state index contributed by atoms with van der Waals surface area (Å²) < 4.78 is 46.7. The Kier molecular flexibility index (Phi) is 21.3. The molecule has 6 atom stereocenters. The van der Waals surface area contributed by atoms with E-state index in [4.69, 9.17) is 38.6 Å². The molecule has 11 aromatic heterocycles. The molecule has 34 heteroatoms. The van der Waals surface area contributed by atoms with Crippen LogP contribution >= 0.6 is 34.0 Å². The Hall–Kier alpha value is -11.7. The van der Waals surface area contributed by atoms with Crippen molar-refractivity contribution in [2.45, 2.75) is 127 Å². The number of piperazine rings is 3. The fraction of sp³-hybridized carbons (Fsp3) is 0.383. The number of hydrogen-bond donors (Lipinski definition) is 4. The number of pyridine rings is 5. The third-order valence-corrected chi connectivity index (χ3v) is 24.2. The number of para-hydroxylation sites is 1. The van der Waals surface area contributed by atoms with E-state index in [0.717, 1.165) is 109 Å². The predicted molar refractivity (Wildman–Crippen MR) is 432 cm³/mol. The number of thiazole rings is 3. The number of nitriles is 3. The van der Waals surface area contributed by atoms with Crippen LogP contribution in [0.3, 0.4) is 0 Å². The molecule has 6 bridgehead atoms.